The Bertz CT molecular complexity index is 724. The van der Waals surface area contributed by atoms with E-state index in [1.807, 2.05) is 0 Å². The maximum atomic E-state index is 5.47. The molecule has 0 N–H and O–H groups in total. The number of nitrogens with zero attached hydrogens (tertiary/aromatic N) is 6. The van der Waals surface area contributed by atoms with E-state index in [1.54, 1.807) is 0 Å². The van der Waals surface area contributed by atoms with Gasteiger partial charge in [-0.1, -0.05) is 0 Å². The smallest absolute Gasteiger partial charge is 0.151 e. The molecule has 2 aliphatic heterocycles. The zero-order valence-electron chi connectivity index (χ0n) is 14.6. The van der Waals surface area contributed by atoms with Gasteiger partial charge < -0.3 is 14.2 Å². The molecule has 1 aliphatic carbocycles. The van der Waals surface area contributed by atoms with Crippen LogP contribution < -0.4 is 4.90 Å². The fourth-order valence-corrected chi connectivity index (χ4v) is 3.63. The molecular formula is C18H24N6O. The van der Waals surface area contributed by atoms with Crippen LogP contribution in [0.5, 0.6) is 0 Å². The number of aromatic nitrogens is 4. The van der Waals surface area contributed by atoms with Crippen molar-refractivity contribution in [3.05, 3.63) is 35.5 Å². The minimum atomic E-state index is 0.542. The highest BCUT2D eigenvalue weighted by Gasteiger charge is 2.32. The lowest BCUT2D eigenvalue weighted by Crippen LogP contribution is -2.58. The third-order valence-electron chi connectivity index (χ3n) is 5.50. The van der Waals surface area contributed by atoms with E-state index in [9.17, 15) is 0 Å². The molecule has 1 saturated heterocycles. The molecule has 0 aromatic carbocycles. The van der Waals surface area contributed by atoms with Crippen LogP contribution in [0.25, 0.3) is 0 Å². The van der Waals surface area contributed by atoms with Gasteiger partial charge in [-0.3, -0.25) is 4.90 Å². The molecule has 4 heterocycles. The second-order valence-electron chi connectivity index (χ2n) is 7.46. The summed E-state index contributed by atoms with van der Waals surface area (Å²) in [5.74, 6) is 2.72. The van der Waals surface area contributed by atoms with E-state index in [1.165, 1.54) is 12.8 Å². The van der Waals surface area contributed by atoms with Crippen LogP contribution in [0.3, 0.4) is 0 Å². The van der Waals surface area contributed by atoms with Crippen LogP contribution in [0.2, 0.25) is 0 Å². The van der Waals surface area contributed by atoms with Crippen LogP contribution in [0.4, 0.5) is 5.82 Å². The normalized spacial score (nSPS) is 20.6. The number of anilines is 1. The molecule has 0 bridgehead atoms. The molecule has 0 amide bonds. The predicted molar refractivity (Wildman–Crippen MR) is 93.4 cm³/mol. The van der Waals surface area contributed by atoms with Gasteiger partial charge in [-0.2, -0.15) is 5.10 Å². The van der Waals surface area contributed by atoms with Crippen molar-refractivity contribution >= 4 is 5.82 Å². The molecule has 3 aliphatic rings. The topological polar surface area (TPSA) is 59.3 Å². The highest BCUT2D eigenvalue weighted by atomic mass is 16.5. The molecule has 2 fully saturated rings. The van der Waals surface area contributed by atoms with Gasteiger partial charge in [-0.25, -0.2) is 4.98 Å². The number of hydrogen-bond acceptors (Lipinski definition) is 6. The van der Waals surface area contributed by atoms with Gasteiger partial charge in [0.1, 0.15) is 12.4 Å². The summed E-state index contributed by atoms with van der Waals surface area (Å²) in [6.45, 7) is 5.23. The van der Waals surface area contributed by atoms with Crippen molar-refractivity contribution in [2.75, 3.05) is 31.6 Å². The van der Waals surface area contributed by atoms with E-state index in [-0.39, 0.29) is 0 Å². The number of fused-ring (bicyclic) bond motifs is 1. The first-order valence-corrected chi connectivity index (χ1v) is 9.18. The molecule has 5 rings (SSSR count). The third kappa shape index (κ3) is 3.02. The van der Waals surface area contributed by atoms with E-state index in [2.05, 4.69) is 49.9 Å². The maximum Gasteiger partial charge on any atom is 0.151 e. The fourth-order valence-electron chi connectivity index (χ4n) is 3.63. The number of ether oxygens (including phenoxy) is 1. The van der Waals surface area contributed by atoms with Crippen molar-refractivity contribution in [1.82, 2.24) is 24.6 Å². The average molecular weight is 340 g/mol. The molecular weight excluding hydrogens is 316 g/mol. The number of hydrogen-bond donors (Lipinski definition) is 0. The fraction of sp³-hybridized carbons (Fsp3) is 0.611. The Hall–Kier alpha value is -1.99. The highest BCUT2D eigenvalue weighted by molar-refractivity contribution is 5.42. The Morgan fingerprint density at radius 2 is 2.12 bits per heavy atom. The predicted octanol–water partition coefficient (Wildman–Crippen LogP) is 1.40. The van der Waals surface area contributed by atoms with Crippen LogP contribution in [-0.4, -0.2) is 57.4 Å². The van der Waals surface area contributed by atoms with Crippen molar-refractivity contribution in [2.24, 2.45) is 0 Å². The molecule has 2 aromatic rings. The van der Waals surface area contributed by atoms with Crippen LogP contribution in [0.15, 0.2) is 18.3 Å². The Kier molecular flexibility index (Phi) is 3.71. The first-order chi connectivity index (χ1) is 12.3. The van der Waals surface area contributed by atoms with Crippen LogP contribution >= 0.6 is 0 Å². The lowest BCUT2D eigenvalue weighted by atomic mass is 10.1. The first kappa shape index (κ1) is 15.3. The maximum absolute atomic E-state index is 5.47. The molecule has 25 heavy (non-hydrogen) atoms. The van der Waals surface area contributed by atoms with E-state index in [0.29, 0.717) is 18.6 Å². The van der Waals surface area contributed by atoms with Crippen molar-refractivity contribution in [3.63, 3.8) is 0 Å². The molecule has 0 atom stereocenters. The standard InChI is InChI=1S/C18H24N6O/c1-22(8-14-9-23-6-7-25-12-18(23)19-14)15-10-24(11-15)17-5-4-16(20-21-17)13-2-3-13/h4-5,9,13,15H,2-3,6-8,10-12H2,1H3. The Morgan fingerprint density at radius 1 is 1.24 bits per heavy atom. The van der Waals surface area contributed by atoms with Crippen molar-refractivity contribution in [2.45, 2.75) is 44.5 Å². The molecule has 132 valence electrons. The molecule has 0 radical (unpaired) electrons. The van der Waals surface area contributed by atoms with Crippen molar-refractivity contribution < 1.29 is 4.74 Å². The monoisotopic (exact) mass is 340 g/mol. The number of rotatable bonds is 5. The highest BCUT2D eigenvalue weighted by Crippen LogP contribution is 2.38. The van der Waals surface area contributed by atoms with Gasteiger partial charge in [0, 0.05) is 44.3 Å². The van der Waals surface area contributed by atoms with Crippen molar-refractivity contribution in [3.8, 4) is 0 Å². The molecule has 0 unspecified atom stereocenters. The zero-order valence-corrected chi connectivity index (χ0v) is 14.6. The number of imidazole rings is 1. The van der Waals surface area contributed by atoms with E-state index in [4.69, 9.17) is 9.72 Å². The molecule has 7 nitrogen and oxygen atoms in total. The first-order valence-electron chi connectivity index (χ1n) is 9.18. The summed E-state index contributed by atoms with van der Waals surface area (Å²) in [5, 5.41) is 8.80. The number of likely N-dealkylation sites (N-methyl/N-ethyl adjacent to an activating group) is 1. The second kappa shape index (κ2) is 6.07. The summed E-state index contributed by atoms with van der Waals surface area (Å²) >= 11 is 0. The SMILES string of the molecule is CN(Cc1cn2c(n1)COCC2)C1CN(c2ccc(C3CC3)nn2)C1. The van der Waals surface area contributed by atoms with Gasteiger partial charge in [0.05, 0.1) is 18.0 Å². The average Bonchev–Trinajstić information content (AvgIpc) is 3.34. The lowest BCUT2D eigenvalue weighted by Gasteiger charge is -2.44. The van der Waals surface area contributed by atoms with Crippen LogP contribution in [0, 0.1) is 0 Å². The van der Waals surface area contributed by atoms with Crippen LogP contribution in [-0.2, 0) is 24.4 Å². The summed E-state index contributed by atoms with van der Waals surface area (Å²) in [6, 6.07) is 4.81. The van der Waals surface area contributed by atoms with E-state index >= 15 is 0 Å². The minimum Gasteiger partial charge on any atom is -0.372 e. The van der Waals surface area contributed by atoms with Crippen molar-refractivity contribution in [1.29, 1.82) is 0 Å². The van der Waals surface area contributed by atoms with Gasteiger partial charge in [0.2, 0.25) is 0 Å². The lowest BCUT2D eigenvalue weighted by molar-refractivity contribution is 0.0816. The van der Waals surface area contributed by atoms with Crippen LogP contribution in [0.1, 0.15) is 36.0 Å². The molecule has 2 aromatic heterocycles. The summed E-state index contributed by atoms with van der Waals surface area (Å²) in [6.07, 6.45) is 4.72. The van der Waals surface area contributed by atoms with Gasteiger partial charge in [-0.15, -0.1) is 5.10 Å². The van der Waals surface area contributed by atoms with Gasteiger partial charge in [0.15, 0.2) is 5.82 Å². The summed E-state index contributed by atoms with van der Waals surface area (Å²) in [5.41, 5.74) is 2.29. The van der Waals surface area contributed by atoms with E-state index in [0.717, 1.165) is 55.8 Å². The Morgan fingerprint density at radius 3 is 2.84 bits per heavy atom. The summed E-state index contributed by atoms with van der Waals surface area (Å²) in [4.78, 5) is 9.39. The second-order valence-corrected chi connectivity index (χ2v) is 7.46. The summed E-state index contributed by atoms with van der Waals surface area (Å²) in [7, 11) is 2.18. The van der Waals surface area contributed by atoms with E-state index < -0.39 is 0 Å². The third-order valence-corrected chi connectivity index (χ3v) is 5.50. The molecule has 7 heteroatoms. The van der Waals surface area contributed by atoms with Gasteiger partial charge in [-0.05, 0) is 32.0 Å². The summed E-state index contributed by atoms with van der Waals surface area (Å²) < 4.78 is 7.69. The molecule has 1 saturated carbocycles. The van der Waals surface area contributed by atoms with Gasteiger partial charge in [0.25, 0.3) is 0 Å². The largest absolute Gasteiger partial charge is 0.372 e. The minimum absolute atomic E-state index is 0.542. The Balaban J connectivity index is 1.16. The quantitative estimate of drug-likeness (QED) is 0.820. The zero-order chi connectivity index (χ0) is 16.8. The molecule has 0 spiro atoms. The van der Waals surface area contributed by atoms with Gasteiger partial charge >= 0.3 is 0 Å². The Labute approximate surface area is 147 Å².